The van der Waals surface area contributed by atoms with Crippen molar-refractivity contribution in [2.45, 2.75) is 41.2 Å². The zero-order valence-electron chi connectivity index (χ0n) is 15.6. The number of anilines is 1. The third kappa shape index (κ3) is 4.39. The van der Waals surface area contributed by atoms with Gasteiger partial charge in [-0.1, -0.05) is 32.0 Å². The number of aryl methyl sites for hydroxylation is 2. The molecule has 0 aliphatic rings. The molecule has 0 unspecified atom stereocenters. The van der Waals surface area contributed by atoms with Crippen molar-refractivity contribution in [1.29, 1.82) is 5.26 Å². The number of nitriles is 1. The molecule has 0 aliphatic carbocycles. The molecule has 1 aromatic carbocycles. The van der Waals surface area contributed by atoms with Crippen LogP contribution >= 0.6 is 0 Å². The van der Waals surface area contributed by atoms with Crippen LogP contribution in [0.3, 0.4) is 0 Å². The number of nitrogens with zero attached hydrogens (tertiary/aromatic N) is 2. The van der Waals surface area contributed by atoms with Crippen molar-refractivity contribution in [2.75, 3.05) is 5.32 Å². The number of hydrogen-bond donors (Lipinski definition) is 1. The number of benzene rings is 1. The lowest BCUT2D eigenvalue weighted by Gasteiger charge is -2.12. The molecule has 1 aromatic heterocycles. The molecule has 4 nitrogen and oxygen atoms in total. The summed E-state index contributed by atoms with van der Waals surface area (Å²) in [6.07, 6.45) is 1.67. The van der Waals surface area contributed by atoms with E-state index in [9.17, 15) is 10.1 Å². The van der Waals surface area contributed by atoms with Crippen LogP contribution in [0, 0.1) is 38.0 Å². The van der Waals surface area contributed by atoms with Gasteiger partial charge in [0.05, 0.1) is 0 Å². The Kier molecular flexibility index (Phi) is 5.82. The van der Waals surface area contributed by atoms with Crippen LogP contribution in [0.5, 0.6) is 0 Å². The van der Waals surface area contributed by atoms with Gasteiger partial charge in [-0.25, -0.2) is 0 Å². The molecule has 0 aliphatic heterocycles. The molecule has 1 amide bonds. The van der Waals surface area contributed by atoms with E-state index in [0.717, 1.165) is 34.7 Å². The summed E-state index contributed by atoms with van der Waals surface area (Å²) < 4.78 is 2.23. The number of rotatable bonds is 5. The van der Waals surface area contributed by atoms with Crippen molar-refractivity contribution >= 4 is 17.7 Å². The summed E-state index contributed by atoms with van der Waals surface area (Å²) >= 11 is 0. The first-order valence-electron chi connectivity index (χ1n) is 8.49. The molecule has 1 heterocycles. The van der Waals surface area contributed by atoms with Crippen LogP contribution in [0.2, 0.25) is 0 Å². The van der Waals surface area contributed by atoms with E-state index in [1.54, 1.807) is 6.08 Å². The van der Waals surface area contributed by atoms with Gasteiger partial charge >= 0.3 is 0 Å². The number of para-hydroxylation sites is 1. The molecule has 0 fully saturated rings. The molecule has 0 bridgehead atoms. The second kappa shape index (κ2) is 7.85. The Morgan fingerprint density at radius 2 is 1.96 bits per heavy atom. The molecule has 130 valence electrons. The van der Waals surface area contributed by atoms with Crippen molar-refractivity contribution in [2.24, 2.45) is 5.92 Å². The number of carbonyl (C=O) groups excluding carboxylic acids is 1. The molecular formula is C21H25N3O. The molecule has 25 heavy (non-hydrogen) atoms. The Balaban J connectivity index is 2.30. The zero-order valence-corrected chi connectivity index (χ0v) is 15.6. The average molecular weight is 335 g/mol. The minimum Gasteiger partial charge on any atom is -0.348 e. The first kappa shape index (κ1) is 18.5. The van der Waals surface area contributed by atoms with Crippen LogP contribution in [0.25, 0.3) is 6.08 Å². The summed E-state index contributed by atoms with van der Waals surface area (Å²) in [5.41, 5.74) is 4.90. The predicted octanol–water partition coefficient (Wildman–Crippen LogP) is 4.62. The summed E-state index contributed by atoms with van der Waals surface area (Å²) in [7, 11) is 0. The first-order chi connectivity index (χ1) is 11.8. The topological polar surface area (TPSA) is 57.8 Å². The first-order valence-corrected chi connectivity index (χ1v) is 8.49. The van der Waals surface area contributed by atoms with Gasteiger partial charge in [-0.15, -0.1) is 0 Å². The summed E-state index contributed by atoms with van der Waals surface area (Å²) in [6.45, 7) is 11.3. The largest absolute Gasteiger partial charge is 0.348 e. The van der Waals surface area contributed by atoms with Crippen molar-refractivity contribution in [3.05, 3.63) is 58.4 Å². The predicted molar refractivity (Wildman–Crippen MR) is 102 cm³/mol. The van der Waals surface area contributed by atoms with Gasteiger partial charge in [0.15, 0.2) is 0 Å². The minimum absolute atomic E-state index is 0.105. The third-order valence-electron chi connectivity index (χ3n) is 4.22. The van der Waals surface area contributed by atoms with Crippen LogP contribution in [0.4, 0.5) is 5.69 Å². The summed E-state index contributed by atoms with van der Waals surface area (Å²) in [5.74, 6) is 0.145. The fourth-order valence-electron chi connectivity index (χ4n) is 2.83. The number of carbonyl (C=O) groups is 1. The maximum absolute atomic E-state index is 12.5. The Bertz CT molecular complexity index is 851. The van der Waals surface area contributed by atoms with E-state index in [4.69, 9.17) is 0 Å². The SMILES string of the molecule is Cc1ccccc1NC(=O)/C(C#N)=C/c1cc(C)n(CC(C)C)c1C. The monoisotopic (exact) mass is 335 g/mol. The van der Waals surface area contributed by atoms with Crippen LogP contribution in [-0.4, -0.2) is 10.5 Å². The fraction of sp³-hybridized carbons (Fsp3) is 0.333. The maximum atomic E-state index is 12.5. The molecular weight excluding hydrogens is 310 g/mol. The molecule has 0 saturated carbocycles. The van der Waals surface area contributed by atoms with Crippen LogP contribution < -0.4 is 5.32 Å². The van der Waals surface area contributed by atoms with Gasteiger partial charge in [-0.05, 0) is 56.0 Å². The zero-order chi connectivity index (χ0) is 18.6. The van der Waals surface area contributed by atoms with Crippen LogP contribution in [-0.2, 0) is 11.3 Å². The van der Waals surface area contributed by atoms with Gasteiger partial charge in [-0.3, -0.25) is 4.79 Å². The van der Waals surface area contributed by atoms with E-state index < -0.39 is 0 Å². The highest BCUT2D eigenvalue weighted by Gasteiger charge is 2.14. The van der Waals surface area contributed by atoms with Gasteiger partial charge in [-0.2, -0.15) is 5.26 Å². The lowest BCUT2D eigenvalue weighted by molar-refractivity contribution is -0.112. The Labute approximate surface area is 149 Å². The quantitative estimate of drug-likeness (QED) is 0.640. The minimum atomic E-state index is -0.384. The highest BCUT2D eigenvalue weighted by molar-refractivity contribution is 6.10. The molecule has 4 heteroatoms. The molecule has 1 N–H and O–H groups in total. The van der Waals surface area contributed by atoms with Gasteiger partial charge in [0.2, 0.25) is 0 Å². The smallest absolute Gasteiger partial charge is 0.266 e. The lowest BCUT2D eigenvalue weighted by atomic mass is 10.1. The van der Waals surface area contributed by atoms with E-state index in [0.29, 0.717) is 5.92 Å². The second-order valence-corrected chi connectivity index (χ2v) is 6.77. The number of amides is 1. The molecule has 0 atom stereocenters. The second-order valence-electron chi connectivity index (χ2n) is 6.77. The summed E-state index contributed by atoms with van der Waals surface area (Å²) in [4.78, 5) is 12.5. The fourth-order valence-corrected chi connectivity index (χ4v) is 2.83. The Morgan fingerprint density at radius 3 is 2.56 bits per heavy atom. The molecule has 0 radical (unpaired) electrons. The highest BCUT2D eigenvalue weighted by Crippen LogP contribution is 2.21. The van der Waals surface area contributed by atoms with E-state index in [-0.39, 0.29) is 11.5 Å². The van der Waals surface area contributed by atoms with Crippen molar-refractivity contribution < 1.29 is 4.79 Å². The van der Waals surface area contributed by atoms with E-state index in [1.807, 2.05) is 57.2 Å². The Hall–Kier alpha value is -2.80. The van der Waals surface area contributed by atoms with E-state index in [2.05, 4.69) is 23.7 Å². The molecule has 2 rings (SSSR count). The van der Waals surface area contributed by atoms with Gasteiger partial charge < -0.3 is 9.88 Å². The van der Waals surface area contributed by atoms with E-state index >= 15 is 0 Å². The summed E-state index contributed by atoms with van der Waals surface area (Å²) in [5, 5.41) is 12.2. The normalized spacial score (nSPS) is 11.5. The third-order valence-corrected chi connectivity index (χ3v) is 4.22. The number of aromatic nitrogens is 1. The van der Waals surface area contributed by atoms with Crippen molar-refractivity contribution in [3.8, 4) is 6.07 Å². The van der Waals surface area contributed by atoms with Crippen LogP contribution in [0.15, 0.2) is 35.9 Å². The highest BCUT2D eigenvalue weighted by atomic mass is 16.1. The van der Waals surface area contributed by atoms with Crippen molar-refractivity contribution in [3.63, 3.8) is 0 Å². The number of nitrogens with one attached hydrogen (secondary N) is 1. The van der Waals surface area contributed by atoms with E-state index in [1.165, 1.54) is 0 Å². The van der Waals surface area contributed by atoms with Gasteiger partial charge in [0, 0.05) is 23.6 Å². The van der Waals surface area contributed by atoms with Crippen LogP contribution in [0.1, 0.15) is 36.4 Å². The maximum Gasteiger partial charge on any atom is 0.266 e. The summed E-state index contributed by atoms with van der Waals surface area (Å²) in [6, 6.07) is 11.6. The lowest BCUT2D eigenvalue weighted by Crippen LogP contribution is -2.14. The molecule has 0 saturated heterocycles. The standard InChI is InChI=1S/C21H25N3O/c1-14(2)13-24-16(4)10-18(17(24)5)11-19(12-22)21(25)23-20-9-7-6-8-15(20)3/h6-11,14H,13H2,1-5H3,(H,23,25)/b19-11+. The average Bonchev–Trinajstić information content (AvgIpc) is 2.81. The molecule has 2 aromatic rings. The van der Waals surface area contributed by atoms with Crippen molar-refractivity contribution in [1.82, 2.24) is 4.57 Å². The number of hydrogen-bond acceptors (Lipinski definition) is 2. The molecule has 0 spiro atoms. The Morgan fingerprint density at radius 1 is 1.28 bits per heavy atom. The van der Waals surface area contributed by atoms with Gasteiger partial charge in [0.25, 0.3) is 5.91 Å². The van der Waals surface area contributed by atoms with Gasteiger partial charge in [0.1, 0.15) is 11.6 Å².